The van der Waals surface area contributed by atoms with E-state index in [-0.39, 0.29) is 5.82 Å². The van der Waals surface area contributed by atoms with Crippen LogP contribution in [0.5, 0.6) is 0 Å². The fourth-order valence-electron chi connectivity index (χ4n) is 1.69. The third-order valence-corrected chi connectivity index (χ3v) is 2.49. The number of hydrogen-bond donors (Lipinski definition) is 1. The average Bonchev–Trinajstić information content (AvgIpc) is 2.67. The number of nitrogens with one attached hydrogen (secondary N) is 1. The van der Waals surface area contributed by atoms with Crippen molar-refractivity contribution in [3.63, 3.8) is 0 Å². The highest BCUT2D eigenvalue weighted by atomic mass is 19.1. The van der Waals surface area contributed by atoms with Crippen molar-refractivity contribution >= 4 is 0 Å². The fourth-order valence-corrected chi connectivity index (χ4v) is 1.69. The molecule has 0 aromatic heterocycles. The van der Waals surface area contributed by atoms with E-state index in [2.05, 4.69) is 17.5 Å². The third kappa shape index (κ3) is 2.42. The summed E-state index contributed by atoms with van der Waals surface area (Å²) in [6.07, 6.45) is 6.55. The Morgan fingerprint density at radius 1 is 1.29 bits per heavy atom. The summed E-state index contributed by atoms with van der Waals surface area (Å²) in [4.78, 5) is 0. The molecule has 1 N–H and O–H groups in total. The Kier molecular flexibility index (Phi) is 2.94. The van der Waals surface area contributed by atoms with Crippen LogP contribution in [0.1, 0.15) is 18.4 Å². The van der Waals surface area contributed by atoms with Crippen LogP contribution in [0, 0.1) is 5.82 Å². The number of halogens is 1. The Labute approximate surface area is 83.6 Å². The topological polar surface area (TPSA) is 12.0 Å². The van der Waals surface area contributed by atoms with Crippen molar-refractivity contribution in [3.05, 3.63) is 47.8 Å². The maximum atomic E-state index is 12.8. The molecule has 0 atom stereocenters. The Morgan fingerprint density at radius 2 is 2.07 bits per heavy atom. The molecule has 0 fully saturated rings. The van der Waals surface area contributed by atoms with Gasteiger partial charge < -0.3 is 5.32 Å². The number of rotatable bonds is 3. The fraction of sp³-hybridized carbons (Fsp3) is 0.333. The monoisotopic (exact) mass is 191 g/mol. The van der Waals surface area contributed by atoms with Crippen molar-refractivity contribution in [2.75, 3.05) is 0 Å². The molecule has 0 saturated heterocycles. The van der Waals surface area contributed by atoms with E-state index in [1.165, 1.54) is 6.07 Å². The average molecular weight is 191 g/mol. The molecule has 1 nitrogen and oxygen atoms in total. The van der Waals surface area contributed by atoms with Crippen molar-refractivity contribution < 1.29 is 4.39 Å². The van der Waals surface area contributed by atoms with Gasteiger partial charge in [0.1, 0.15) is 5.82 Å². The van der Waals surface area contributed by atoms with Gasteiger partial charge in [0.15, 0.2) is 0 Å². The summed E-state index contributed by atoms with van der Waals surface area (Å²) in [5, 5.41) is 3.40. The molecule has 1 aromatic carbocycles. The van der Waals surface area contributed by atoms with Crippen molar-refractivity contribution in [1.82, 2.24) is 5.32 Å². The molecule has 74 valence electrons. The number of benzene rings is 1. The molecule has 0 radical (unpaired) electrons. The standard InChI is InChI=1S/C12H14FN/c13-11-5-3-4-10(8-11)9-14-12-6-1-2-7-12/h1-5,8,12,14H,6-7,9H2. The van der Waals surface area contributed by atoms with Crippen LogP contribution in [0.15, 0.2) is 36.4 Å². The van der Waals surface area contributed by atoms with E-state index >= 15 is 0 Å². The molecular weight excluding hydrogens is 177 g/mol. The Bertz CT molecular complexity index is 325. The molecule has 1 aromatic rings. The van der Waals surface area contributed by atoms with E-state index in [1.807, 2.05) is 6.07 Å². The van der Waals surface area contributed by atoms with E-state index in [4.69, 9.17) is 0 Å². The summed E-state index contributed by atoms with van der Waals surface area (Å²) in [6, 6.07) is 7.28. The summed E-state index contributed by atoms with van der Waals surface area (Å²) in [5.74, 6) is -0.158. The van der Waals surface area contributed by atoms with E-state index in [9.17, 15) is 4.39 Å². The molecule has 14 heavy (non-hydrogen) atoms. The van der Waals surface area contributed by atoms with Crippen LogP contribution < -0.4 is 5.32 Å². The smallest absolute Gasteiger partial charge is 0.123 e. The normalized spacial score (nSPS) is 16.4. The van der Waals surface area contributed by atoms with Crippen LogP contribution in [0.2, 0.25) is 0 Å². The minimum absolute atomic E-state index is 0.158. The van der Waals surface area contributed by atoms with E-state index in [0.717, 1.165) is 24.9 Å². The second-order valence-corrected chi connectivity index (χ2v) is 3.65. The first-order valence-electron chi connectivity index (χ1n) is 4.97. The maximum absolute atomic E-state index is 12.8. The summed E-state index contributed by atoms with van der Waals surface area (Å²) in [5.41, 5.74) is 1.01. The second kappa shape index (κ2) is 4.38. The summed E-state index contributed by atoms with van der Waals surface area (Å²) < 4.78 is 12.8. The molecule has 2 heteroatoms. The van der Waals surface area contributed by atoms with Crippen molar-refractivity contribution in [3.8, 4) is 0 Å². The van der Waals surface area contributed by atoms with Gasteiger partial charge in [0.2, 0.25) is 0 Å². The van der Waals surface area contributed by atoms with Gasteiger partial charge in [0.05, 0.1) is 0 Å². The zero-order valence-electron chi connectivity index (χ0n) is 8.04. The Morgan fingerprint density at radius 3 is 2.79 bits per heavy atom. The highest BCUT2D eigenvalue weighted by Gasteiger charge is 2.08. The van der Waals surface area contributed by atoms with Crippen LogP contribution in [-0.2, 0) is 6.54 Å². The van der Waals surface area contributed by atoms with Gasteiger partial charge in [-0.3, -0.25) is 0 Å². The zero-order valence-corrected chi connectivity index (χ0v) is 8.04. The second-order valence-electron chi connectivity index (χ2n) is 3.65. The van der Waals surface area contributed by atoms with Gasteiger partial charge in [-0.15, -0.1) is 0 Å². The highest BCUT2D eigenvalue weighted by Crippen LogP contribution is 2.10. The van der Waals surface area contributed by atoms with Gasteiger partial charge in [-0.1, -0.05) is 24.3 Å². The van der Waals surface area contributed by atoms with E-state index < -0.39 is 0 Å². The highest BCUT2D eigenvalue weighted by molar-refractivity contribution is 5.16. The number of hydrogen-bond acceptors (Lipinski definition) is 1. The molecule has 0 aliphatic heterocycles. The van der Waals surface area contributed by atoms with Gasteiger partial charge in [-0.25, -0.2) is 4.39 Å². The van der Waals surface area contributed by atoms with Crippen LogP contribution in [0.3, 0.4) is 0 Å². The van der Waals surface area contributed by atoms with Gasteiger partial charge >= 0.3 is 0 Å². The zero-order chi connectivity index (χ0) is 9.80. The van der Waals surface area contributed by atoms with E-state index in [1.54, 1.807) is 12.1 Å². The summed E-state index contributed by atoms with van der Waals surface area (Å²) >= 11 is 0. The Hall–Kier alpha value is -1.15. The van der Waals surface area contributed by atoms with Gasteiger partial charge in [-0.05, 0) is 30.5 Å². The lowest BCUT2D eigenvalue weighted by molar-refractivity contribution is 0.536. The van der Waals surface area contributed by atoms with Crippen molar-refractivity contribution in [1.29, 1.82) is 0 Å². The SMILES string of the molecule is Fc1cccc(CNC2CC=CC2)c1. The molecule has 0 unspecified atom stereocenters. The van der Waals surface area contributed by atoms with Gasteiger partial charge in [0.25, 0.3) is 0 Å². The molecule has 1 aliphatic rings. The van der Waals surface area contributed by atoms with Crippen molar-refractivity contribution in [2.45, 2.75) is 25.4 Å². The molecule has 0 heterocycles. The first kappa shape index (κ1) is 9.41. The van der Waals surface area contributed by atoms with E-state index in [0.29, 0.717) is 6.04 Å². The predicted octanol–water partition coefficient (Wildman–Crippen LogP) is 2.63. The lowest BCUT2D eigenvalue weighted by atomic mass is 10.2. The largest absolute Gasteiger partial charge is 0.309 e. The lowest BCUT2D eigenvalue weighted by Crippen LogP contribution is -2.25. The summed E-state index contributed by atoms with van der Waals surface area (Å²) in [6.45, 7) is 0.754. The molecule has 1 aliphatic carbocycles. The molecule has 0 spiro atoms. The van der Waals surface area contributed by atoms with Crippen LogP contribution >= 0.6 is 0 Å². The summed E-state index contributed by atoms with van der Waals surface area (Å²) in [7, 11) is 0. The first-order chi connectivity index (χ1) is 6.84. The van der Waals surface area contributed by atoms with Crippen LogP contribution in [0.4, 0.5) is 4.39 Å². The van der Waals surface area contributed by atoms with Crippen LogP contribution in [0.25, 0.3) is 0 Å². The lowest BCUT2D eigenvalue weighted by Gasteiger charge is -2.11. The van der Waals surface area contributed by atoms with Crippen LogP contribution in [-0.4, -0.2) is 6.04 Å². The maximum Gasteiger partial charge on any atom is 0.123 e. The first-order valence-corrected chi connectivity index (χ1v) is 4.97. The molecule has 2 rings (SSSR count). The van der Waals surface area contributed by atoms with Gasteiger partial charge in [-0.2, -0.15) is 0 Å². The molecule has 0 saturated carbocycles. The predicted molar refractivity (Wildman–Crippen MR) is 55.4 cm³/mol. The minimum Gasteiger partial charge on any atom is -0.309 e. The Balaban J connectivity index is 1.85. The molecule has 0 amide bonds. The van der Waals surface area contributed by atoms with Gasteiger partial charge in [0, 0.05) is 12.6 Å². The quantitative estimate of drug-likeness (QED) is 0.724. The molecule has 0 bridgehead atoms. The third-order valence-electron chi connectivity index (χ3n) is 2.49. The van der Waals surface area contributed by atoms with Crippen molar-refractivity contribution in [2.24, 2.45) is 0 Å². The molecular formula is C12H14FN. The minimum atomic E-state index is -0.158.